The van der Waals surface area contributed by atoms with Gasteiger partial charge < -0.3 is 69.3 Å². The number of aliphatic hydroxyl groups excluding tert-OH is 8. The molecule has 8 fully saturated rings. The van der Waals surface area contributed by atoms with E-state index in [4.69, 9.17) is 28.4 Å². The van der Waals surface area contributed by atoms with E-state index in [1.807, 2.05) is 0 Å². The largest absolute Gasteiger partial charge is 0.394 e. The van der Waals surface area contributed by atoms with Crippen molar-refractivity contribution in [3.8, 4) is 0 Å². The van der Waals surface area contributed by atoms with E-state index in [-0.39, 0.29) is 22.9 Å². The number of hydrogen-bond donors (Lipinski definition) is 8. The SMILES string of the molecule is C=C1CC[C@@]2(OC1)OC1C[C@H]3[C@@H]4CCC5C[C@@H](O[C@@H]6O[C@H](CO)[C@H](O)[C@H](O)[C@H]6O[C@@H]6O[C@H](CO)[C@@H](O)[C@H](O)[C@H]6O)[C@@H](O)C[C@]5(C)[C@H]4CC[C@]3(C)[C@H]1[C@@H]2C. The molecule has 14 nitrogen and oxygen atoms in total. The van der Waals surface area contributed by atoms with Gasteiger partial charge in [-0.1, -0.05) is 32.9 Å². The van der Waals surface area contributed by atoms with Crippen LogP contribution in [-0.4, -0.2) is 146 Å². The predicted octanol–water partition coefficient (Wildman–Crippen LogP) is 0.333. The molecule has 302 valence electrons. The van der Waals surface area contributed by atoms with Crippen LogP contribution in [-0.2, 0) is 28.4 Å². The zero-order valence-corrected chi connectivity index (χ0v) is 31.2. The molecule has 4 saturated carbocycles. The molecule has 8 aliphatic rings. The number of hydrogen-bond acceptors (Lipinski definition) is 14. The second-order valence-electron chi connectivity index (χ2n) is 18.4. The molecule has 53 heavy (non-hydrogen) atoms. The average molecular weight is 755 g/mol. The third kappa shape index (κ3) is 6.12. The maximum absolute atomic E-state index is 11.8. The lowest BCUT2D eigenvalue weighted by molar-refractivity contribution is -0.376. The number of aliphatic hydroxyl groups is 8. The lowest BCUT2D eigenvalue weighted by Crippen LogP contribution is -2.65. The fourth-order valence-corrected chi connectivity index (χ4v) is 13.1. The molecule has 4 aliphatic heterocycles. The van der Waals surface area contributed by atoms with Gasteiger partial charge in [0, 0.05) is 12.3 Å². The summed E-state index contributed by atoms with van der Waals surface area (Å²) in [7, 11) is 0. The van der Waals surface area contributed by atoms with Crippen molar-refractivity contribution in [3.63, 3.8) is 0 Å². The standard InChI is InChI=1S/C39H62O14/c1-17-7-10-39(48-16-17)18(2)28-25(53-39)12-22-20-6-5-19-11-24(23(42)13-38(19,4)21(20)8-9-37(22,28)3)49-36-34(32(46)30(44)27(15-41)51-36)52-35-33(47)31(45)29(43)26(14-40)50-35/h18-36,40-47H,1,5-16H2,2-4H3/t18-,19?,20+,21-,22-,23-,24+,25?,26+,27+,28-,29+,30-,31-,32-,33+,34+,35-,36+,37-,38-,39+/m0/s1. The molecule has 2 unspecified atom stereocenters. The van der Waals surface area contributed by atoms with Crippen LogP contribution in [0, 0.1) is 46.3 Å². The molecule has 0 aromatic heterocycles. The smallest absolute Gasteiger partial charge is 0.187 e. The van der Waals surface area contributed by atoms with Gasteiger partial charge in [-0.25, -0.2) is 0 Å². The summed E-state index contributed by atoms with van der Waals surface area (Å²) in [6.45, 7) is 10.6. The van der Waals surface area contributed by atoms with Crippen LogP contribution >= 0.6 is 0 Å². The molecule has 0 aromatic carbocycles. The van der Waals surface area contributed by atoms with Gasteiger partial charge in [0.1, 0.15) is 48.8 Å². The van der Waals surface area contributed by atoms with Crippen molar-refractivity contribution in [2.24, 2.45) is 46.3 Å². The topological polar surface area (TPSA) is 217 Å². The van der Waals surface area contributed by atoms with Crippen LogP contribution < -0.4 is 0 Å². The van der Waals surface area contributed by atoms with Gasteiger partial charge in [0.25, 0.3) is 0 Å². The van der Waals surface area contributed by atoms with Crippen LogP contribution in [0.15, 0.2) is 12.2 Å². The molecule has 8 N–H and O–H groups in total. The second kappa shape index (κ2) is 14.2. The Labute approximate surface area is 311 Å². The van der Waals surface area contributed by atoms with Crippen LogP contribution in [0.1, 0.15) is 78.6 Å². The normalized spacial score (nSPS) is 58.2. The molecule has 14 heteroatoms. The van der Waals surface area contributed by atoms with Crippen LogP contribution in [0.3, 0.4) is 0 Å². The molecule has 22 atom stereocenters. The van der Waals surface area contributed by atoms with Gasteiger partial charge in [0.05, 0.1) is 38.1 Å². The summed E-state index contributed by atoms with van der Waals surface area (Å²) in [5.41, 5.74) is 1.18. The van der Waals surface area contributed by atoms with Crippen molar-refractivity contribution in [1.29, 1.82) is 0 Å². The summed E-state index contributed by atoms with van der Waals surface area (Å²) in [4.78, 5) is 0. The Balaban J connectivity index is 0.964. The molecule has 4 aliphatic carbocycles. The fourth-order valence-electron chi connectivity index (χ4n) is 13.1. The van der Waals surface area contributed by atoms with Crippen LogP contribution in [0.2, 0.25) is 0 Å². The third-order valence-corrected chi connectivity index (χ3v) is 16.0. The highest BCUT2D eigenvalue weighted by atomic mass is 16.8. The van der Waals surface area contributed by atoms with Crippen molar-refractivity contribution < 1.29 is 69.3 Å². The van der Waals surface area contributed by atoms with Gasteiger partial charge in [-0.15, -0.1) is 0 Å². The molecular formula is C39H62O14. The highest BCUT2D eigenvalue weighted by Crippen LogP contribution is 2.71. The minimum Gasteiger partial charge on any atom is -0.394 e. The summed E-state index contributed by atoms with van der Waals surface area (Å²) < 4.78 is 37.0. The lowest BCUT2D eigenvalue weighted by Gasteiger charge is -2.62. The maximum Gasteiger partial charge on any atom is 0.187 e. The molecular weight excluding hydrogens is 692 g/mol. The first-order valence-corrected chi connectivity index (χ1v) is 20.1. The van der Waals surface area contributed by atoms with Crippen molar-refractivity contribution >= 4 is 0 Å². The maximum atomic E-state index is 11.8. The first kappa shape index (κ1) is 39.0. The van der Waals surface area contributed by atoms with E-state index in [0.717, 1.165) is 50.5 Å². The van der Waals surface area contributed by atoms with Gasteiger partial charge in [-0.3, -0.25) is 0 Å². The summed E-state index contributed by atoms with van der Waals surface area (Å²) >= 11 is 0. The fraction of sp³-hybridized carbons (Fsp3) is 0.949. The van der Waals surface area contributed by atoms with E-state index in [1.54, 1.807) is 0 Å². The van der Waals surface area contributed by atoms with Crippen LogP contribution in [0.25, 0.3) is 0 Å². The van der Waals surface area contributed by atoms with Gasteiger partial charge in [0.2, 0.25) is 0 Å². The first-order valence-electron chi connectivity index (χ1n) is 20.1. The van der Waals surface area contributed by atoms with Gasteiger partial charge in [0.15, 0.2) is 18.4 Å². The Morgan fingerprint density at radius 2 is 1.47 bits per heavy atom. The van der Waals surface area contributed by atoms with Gasteiger partial charge >= 0.3 is 0 Å². The number of fused-ring (bicyclic) bond motifs is 7. The molecule has 0 radical (unpaired) electrons. The van der Waals surface area contributed by atoms with Crippen molar-refractivity contribution in [2.45, 2.75) is 164 Å². The highest BCUT2D eigenvalue weighted by Gasteiger charge is 2.69. The van der Waals surface area contributed by atoms with Crippen LogP contribution in [0.4, 0.5) is 0 Å². The Hall–Kier alpha value is -0.820. The van der Waals surface area contributed by atoms with Crippen molar-refractivity contribution in [3.05, 3.63) is 12.2 Å². The van der Waals surface area contributed by atoms with Crippen molar-refractivity contribution in [2.75, 3.05) is 19.8 Å². The number of rotatable bonds is 6. The molecule has 8 rings (SSSR count). The van der Waals surface area contributed by atoms with E-state index in [2.05, 4.69) is 27.4 Å². The van der Waals surface area contributed by atoms with E-state index in [0.29, 0.717) is 49.0 Å². The third-order valence-electron chi connectivity index (χ3n) is 16.0. The Kier molecular flexibility index (Phi) is 10.5. The monoisotopic (exact) mass is 754 g/mol. The summed E-state index contributed by atoms with van der Waals surface area (Å²) in [6.07, 6.45) is -8.57. The Morgan fingerprint density at radius 1 is 0.774 bits per heavy atom. The Bertz CT molecular complexity index is 1340. The Morgan fingerprint density at radius 3 is 2.15 bits per heavy atom. The van der Waals surface area contributed by atoms with Crippen LogP contribution in [0.5, 0.6) is 0 Å². The predicted molar refractivity (Wildman–Crippen MR) is 184 cm³/mol. The number of ether oxygens (including phenoxy) is 6. The average Bonchev–Trinajstić information content (AvgIpc) is 3.58. The minimum absolute atomic E-state index is 0.120. The van der Waals surface area contributed by atoms with Gasteiger partial charge in [-0.2, -0.15) is 0 Å². The second-order valence-corrected chi connectivity index (χ2v) is 18.4. The zero-order chi connectivity index (χ0) is 37.8. The van der Waals surface area contributed by atoms with E-state index in [9.17, 15) is 40.9 Å². The summed E-state index contributed by atoms with van der Waals surface area (Å²) in [5, 5.41) is 84.5. The molecule has 4 saturated heterocycles. The zero-order valence-electron chi connectivity index (χ0n) is 31.2. The van der Waals surface area contributed by atoms with E-state index in [1.165, 1.54) is 0 Å². The van der Waals surface area contributed by atoms with Crippen molar-refractivity contribution in [1.82, 2.24) is 0 Å². The highest BCUT2D eigenvalue weighted by molar-refractivity contribution is 5.17. The van der Waals surface area contributed by atoms with Gasteiger partial charge in [-0.05, 0) is 91.8 Å². The lowest BCUT2D eigenvalue weighted by atomic mass is 9.44. The summed E-state index contributed by atoms with van der Waals surface area (Å²) in [6, 6.07) is 0. The summed E-state index contributed by atoms with van der Waals surface area (Å²) in [5.74, 6) is 2.03. The first-order chi connectivity index (χ1) is 25.2. The van der Waals surface area contributed by atoms with E-state index >= 15 is 0 Å². The molecule has 0 amide bonds. The minimum atomic E-state index is -1.77. The molecule has 4 heterocycles. The van der Waals surface area contributed by atoms with E-state index < -0.39 is 92.6 Å². The quantitative estimate of drug-likeness (QED) is 0.136. The molecule has 0 bridgehead atoms. The molecule has 1 spiro atoms. The molecule has 0 aromatic rings.